The van der Waals surface area contributed by atoms with Crippen LogP contribution in [-0.2, 0) is 11.2 Å². The molecule has 0 saturated carbocycles. The highest BCUT2D eigenvalue weighted by atomic mass is 16.5. The zero-order valence-corrected chi connectivity index (χ0v) is 9.15. The molecule has 1 aromatic heterocycles. The molecular weight excluding hydrogens is 186 g/mol. The minimum atomic E-state index is 0.488. The second-order valence-electron chi connectivity index (χ2n) is 4.65. The van der Waals surface area contributed by atoms with Gasteiger partial charge in [0.1, 0.15) is 0 Å². The third-order valence-electron chi connectivity index (χ3n) is 3.74. The predicted octanol–water partition coefficient (Wildman–Crippen LogP) is 2.68. The number of hydrogen-bond acceptors (Lipinski definition) is 2. The minimum absolute atomic E-state index is 0.488. The van der Waals surface area contributed by atoms with Gasteiger partial charge in [0.25, 0.3) is 0 Å². The molecule has 0 radical (unpaired) electrons. The van der Waals surface area contributed by atoms with Crippen LogP contribution in [0.4, 0.5) is 0 Å². The third-order valence-corrected chi connectivity index (χ3v) is 3.74. The summed E-state index contributed by atoms with van der Waals surface area (Å²) in [5.41, 5.74) is 2.64. The standard InChI is InChI=1S/C13H17NO/c1-2-10-7-9(5-6-14-10)12-8-11-3-4-13(12)15-11/h5-7,11-13H,2-4,8H2,1H3. The maximum Gasteiger partial charge on any atom is 0.0649 e. The Morgan fingerprint density at radius 2 is 2.40 bits per heavy atom. The molecule has 2 aliphatic heterocycles. The van der Waals surface area contributed by atoms with Crippen LogP contribution in [0.1, 0.15) is 43.4 Å². The van der Waals surface area contributed by atoms with Crippen LogP contribution in [0.15, 0.2) is 18.3 Å². The summed E-state index contributed by atoms with van der Waals surface area (Å²) in [6, 6.07) is 4.42. The Hall–Kier alpha value is -0.890. The fourth-order valence-electron chi connectivity index (χ4n) is 2.91. The van der Waals surface area contributed by atoms with E-state index in [-0.39, 0.29) is 0 Å². The van der Waals surface area contributed by atoms with E-state index >= 15 is 0 Å². The Labute approximate surface area is 90.7 Å². The summed E-state index contributed by atoms with van der Waals surface area (Å²) in [7, 11) is 0. The molecule has 0 spiro atoms. The van der Waals surface area contributed by atoms with Gasteiger partial charge in [-0.15, -0.1) is 0 Å². The van der Waals surface area contributed by atoms with Gasteiger partial charge in [-0.1, -0.05) is 6.92 Å². The van der Waals surface area contributed by atoms with Crippen molar-refractivity contribution in [3.05, 3.63) is 29.6 Å². The lowest BCUT2D eigenvalue weighted by molar-refractivity contribution is 0.101. The van der Waals surface area contributed by atoms with E-state index < -0.39 is 0 Å². The molecule has 1 aromatic rings. The van der Waals surface area contributed by atoms with E-state index in [9.17, 15) is 0 Å². The smallest absolute Gasteiger partial charge is 0.0649 e. The first-order chi connectivity index (χ1) is 7.36. The molecular formula is C13H17NO. The summed E-state index contributed by atoms with van der Waals surface area (Å²) < 4.78 is 5.89. The van der Waals surface area contributed by atoms with Crippen molar-refractivity contribution in [2.75, 3.05) is 0 Å². The highest BCUT2D eigenvalue weighted by Gasteiger charge is 2.41. The molecule has 2 bridgehead atoms. The number of pyridine rings is 1. The lowest BCUT2D eigenvalue weighted by Gasteiger charge is -2.19. The Kier molecular flexibility index (Phi) is 2.24. The zero-order chi connectivity index (χ0) is 10.3. The molecule has 2 aliphatic rings. The molecule has 2 saturated heterocycles. The Morgan fingerprint density at radius 3 is 3.07 bits per heavy atom. The molecule has 2 fully saturated rings. The van der Waals surface area contributed by atoms with E-state index in [1.165, 1.54) is 30.5 Å². The number of fused-ring (bicyclic) bond motifs is 2. The molecule has 0 amide bonds. The summed E-state index contributed by atoms with van der Waals surface area (Å²) in [5, 5.41) is 0. The SMILES string of the molecule is CCc1cc(C2CC3CCC2O3)ccn1. The van der Waals surface area contributed by atoms with E-state index in [0.29, 0.717) is 18.1 Å². The predicted molar refractivity (Wildman–Crippen MR) is 58.9 cm³/mol. The molecule has 2 heteroatoms. The summed E-state index contributed by atoms with van der Waals surface area (Å²) in [6.45, 7) is 2.16. The summed E-state index contributed by atoms with van der Waals surface area (Å²) in [6.07, 6.45) is 7.74. The second-order valence-corrected chi connectivity index (χ2v) is 4.65. The maximum absolute atomic E-state index is 5.89. The molecule has 3 atom stereocenters. The van der Waals surface area contributed by atoms with Crippen LogP contribution in [0.2, 0.25) is 0 Å². The number of nitrogens with zero attached hydrogens (tertiary/aromatic N) is 1. The molecule has 3 heterocycles. The van der Waals surface area contributed by atoms with Gasteiger partial charge in [0.2, 0.25) is 0 Å². The second kappa shape index (κ2) is 3.60. The van der Waals surface area contributed by atoms with Crippen LogP contribution in [-0.4, -0.2) is 17.2 Å². The van der Waals surface area contributed by atoms with Crippen molar-refractivity contribution in [1.82, 2.24) is 4.98 Å². The van der Waals surface area contributed by atoms with Gasteiger partial charge in [0.15, 0.2) is 0 Å². The number of aryl methyl sites for hydroxylation is 1. The number of ether oxygens (including phenoxy) is 1. The Balaban J connectivity index is 1.86. The van der Waals surface area contributed by atoms with Crippen molar-refractivity contribution in [3.63, 3.8) is 0 Å². The van der Waals surface area contributed by atoms with Crippen molar-refractivity contribution in [1.29, 1.82) is 0 Å². The van der Waals surface area contributed by atoms with Gasteiger partial charge in [0.05, 0.1) is 12.2 Å². The highest BCUT2D eigenvalue weighted by Crippen LogP contribution is 2.44. The van der Waals surface area contributed by atoms with Crippen molar-refractivity contribution in [2.45, 2.75) is 50.7 Å². The summed E-state index contributed by atoms with van der Waals surface area (Å²) >= 11 is 0. The number of aromatic nitrogens is 1. The molecule has 80 valence electrons. The van der Waals surface area contributed by atoms with Crippen LogP contribution in [0.25, 0.3) is 0 Å². The average molecular weight is 203 g/mol. The van der Waals surface area contributed by atoms with Crippen LogP contribution in [0.3, 0.4) is 0 Å². The topological polar surface area (TPSA) is 22.1 Å². The van der Waals surface area contributed by atoms with Crippen molar-refractivity contribution in [3.8, 4) is 0 Å². The summed E-state index contributed by atoms with van der Waals surface area (Å²) in [5.74, 6) is 0.636. The van der Waals surface area contributed by atoms with Gasteiger partial charge in [-0.05, 0) is 43.4 Å². The van der Waals surface area contributed by atoms with Crippen LogP contribution >= 0.6 is 0 Å². The number of rotatable bonds is 2. The Morgan fingerprint density at radius 1 is 1.47 bits per heavy atom. The minimum Gasteiger partial charge on any atom is -0.374 e. The monoisotopic (exact) mass is 203 g/mol. The van der Waals surface area contributed by atoms with Gasteiger partial charge in [0, 0.05) is 17.8 Å². The van der Waals surface area contributed by atoms with Gasteiger partial charge in [-0.25, -0.2) is 0 Å². The highest BCUT2D eigenvalue weighted by molar-refractivity contribution is 5.24. The maximum atomic E-state index is 5.89. The molecule has 0 aliphatic carbocycles. The van der Waals surface area contributed by atoms with E-state index in [2.05, 4.69) is 24.0 Å². The lowest BCUT2D eigenvalue weighted by atomic mass is 9.84. The van der Waals surface area contributed by atoms with Crippen LogP contribution < -0.4 is 0 Å². The first-order valence-corrected chi connectivity index (χ1v) is 5.97. The van der Waals surface area contributed by atoms with Crippen LogP contribution in [0, 0.1) is 0 Å². The first kappa shape index (κ1) is 9.34. The lowest BCUT2D eigenvalue weighted by Crippen LogP contribution is -2.14. The van der Waals surface area contributed by atoms with Gasteiger partial charge < -0.3 is 4.74 Å². The quantitative estimate of drug-likeness (QED) is 0.737. The number of hydrogen-bond donors (Lipinski definition) is 0. The van der Waals surface area contributed by atoms with E-state index in [0.717, 1.165) is 6.42 Å². The fraction of sp³-hybridized carbons (Fsp3) is 0.615. The van der Waals surface area contributed by atoms with Crippen molar-refractivity contribution < 1.29 is 4.74 Å². The van der Waals surface area contributed by atoms with Gasteiger partial charge in [-0.2, -0.15) is 0 Å². The zero-order valence-electron chi connectivity index (χ0n) is 9.15. The largest absolute Gasteiger partial charge is 0.374 e. The molecule has 3 rings (SSSR count). The fourth-order valence-corrected chi connectivity index (χ4v) is 2.91. The normalized spacial score (nSPS) is 33.5. The third kappa shape index (κ3) is 1.57. The van der Waals surface area contributed by atoms with Crippen molar-refractivity contribution in [2.24, 2.45) is 0 Å². The molecule has 3 unspecified atom stereocenters. The molecule has 2 nitrogen and oxygen atoms in total. The average Bonchev–Trinajstić information content (AvgIpc) is 2.91. The van der Waals surface area contributed by atoms with E-state index in [4.69, 9.17) is 4.74 Å². The molecule has 15 heavy (non-hydrogen) atoms. The van der Waals surface area contributed by atoms with Crippen LogP contribution in [0.5, 0.6) is 0 Å². The summed E-state index contributed by atoms with van der Waals surface area (Å²) in [4.78, 5) is 4.35. The Bertz CT molecular complexity index is 363. The van der Waals surface area contributed by atoms with Gasteiger partial charge in [-0.3, -0.25) is 4.98 Å². The van der Waals surface area contributed by atoms with Gasteiger partial charge >= 0.3 is 0 Å². The van der Waals surface area contributed by atoms with E-state index in [1.807, 2.05) is 6.20 Å². The molecule has 0 aromatic carbocycles. The molecule has 0 N–H and O–H groups in total. The van der Waals surface area contributed by atoms with E-state index in [1.54, 1.807) is 0 Å². The first-order valence-electron chi connectivity index (χ1n) is 5.97. The van der Waals surface area contributed by atoms with Crippen molar-refractivity contribution >= 4 is 0 Å².